The summed E-state index contributed by atoms with van der Waals surface area (Å²) in [5.41, 5.74) is -0.305. The van der Waals surface area contributed by atoms with Gasteiger partial charge in [0.05, 0.1) is 17.7 Å². The zero-order valence-electron chi connectivity index (χ0n) is 17.8. The second kappa shape index (κ2) is 7.40. The van der Waals surface area contributed by atoms with Gasteiger partial charge in [-0.15, -0.1) is 5.10 Å². The van der Waals surface area contributed by atoms with Crippen molar-refractivity contribution < 1.29 is 19.1 Å². The lowest BCUT2D eigenvalue weighted by Gasteiger charge is -2.56. The first kappa shape index (κ1) is 21.8. The molecule has 10 heteroatoms. The lowest BCUT2D eigenvalue weighted by Crippen LogP contribution is -2.69. The number of carboxylic acids is 1. The third kappa shape index (κ3) is 3.69. The van der Waals surface area contributed by atoms with Crippen molar-refractivity contribution in [2.24, 2.45) is 18.4 Å². The van der Waals surface area contributed by atoms with Gasteiger partial charge >= 0.3 is 5.97 Å². The monoisotopic (exact) mass is 436 g/mol. The third-order valence-electron chi connectivity index (χ3n) is 5.56. The molecule has 3 atom stereocenters. The van der Waals surface area contributed by atoms with E-state index < -0.39 is 26.5 Å². The van der Waals surface area contributed by atoms with Crippen LogP contribution in [0.25, 0.3) is 6.08 Å². The highest BCUT2D eigenvalue weighted by Gasteiger charge is 2.65. The molecular formula is C19H28N4O4SSi. The van der Waals surface area contributed by atoms with Crippen LogP contribution in [-0.2, 0) is 21.1 Å². The van der Waals surface area contributed by atoms with E-state index in [2.05, 4.69) is 44.2 Å². The minimum absolute atomic E-state index is 0.0273. The van der Waals surface area contributed by atoms with Crippen LogP contribution in [0.4, 0.5) is 0 Å². The van der Waals surface area contributed by atoms with Crippen LogP contribution in [0.1, 0.15) is 33.4 Å². The van der Waals surface area contributed by atoms with E-state index in [0.717, 1.165) is 0 Å². The van der Waals surface area contributed by atoms with E-state index in [9.17, 15) is 14.7 Å². The summed E-state index contributed by atoms with van der Waals surface area (Å²) in [6.07, 6.45) is 5.15. The van der Waals surface area contributed by atoms with Crippen LogP contribution >= 0.6 is 11.8 Å². The van der Waals surface area contributed by atoms with Gasteiger partial charge in [0.2, 0.25) is 5.91 Å². The van der Waals surface area contributed by atoms with E-state index in [1.165, 1.54) is 16.7 Å². The molecule has 8 nitrogen and oxygen atoms in total. The zero-order chi connectivity index (χ0) is 21.7. The van der Waals surface area contributed by atoms with Crippen LogP contribution in [0.5, 0.6) is 0 Å². The topological polar surface area (TPSA) is 97.6 Å². The lowest BCUT2D eigenvalue weighted by atomic mass is 9.66. The van der Waals surface area contributed by atoms with Gasteiger partial charge in [-0.3, -0.25) is 14.4 Å². The van der Waals surface area contributed by atoms with Gasteiger partial charge in [0.1, 0.15) is 16.8 Å². The fourth-order valence-corrected chi connectivity index (χ4v) is 6.78. The van der Waals surface area contributed by atoms with Gasteiger partial charge in [0, 0.05) is 12.0 Å². The van der Waals surface area contributed by atoms with Crippen molar-refractivity contribution in [2.75, 3.05) is 0 Å². The summed E-state index contributed by atoms with van der Waals surface area (Å²) in [4.78, 5) is 27.0. The number of nitrogens with zero attached hydrogens (tertiary/aromatic N) is 4. The maximum Gasteiger partial charge on any atom is 0.353 e. The molecule has 1 amide bonds. The summed E-state index contributed by atoms with van der Waals surface area (Å²) >= 11 is 1.40. The van der Waals surface area contributed by atoms with E-state index >= 15 is 0 Å². The second-order valence-corrected chi connectivity index (χ2v) is 12.4. The maximum absolute atomic E-state index is 13.2. The molecule has 0 spiro atoms. The minimum Gasteiger partial charge on any atom is -0.477 e. The first-order valence-electron chi connectivity index (χ1n) is 9.56. The molecule has 1 saturated heterocycles. The Bertz CT molecular complexity index is 904. The number of hydrogen-bond acceptors (Lipinski definition) is 6. The van der Waals surface area contributed by atoms with Crippen molar-refractivity contribution in [3.05, 3.63) is 28.6 Å². The number of amides is 1. The van der Waals surface area contributed by atoms with Crippen molar-refractivity contribution in [3.8, 4) is 0 Å². The molecular weight excluding hydrogens is 408 g/mol. The van der Waals surface area contributed by atoms with Gasteiger partial charge in [-0.25, -0.2) is 4.79 Å². The summed E-state index contributed by atoms with van der Waals surface area (Å²) in [5.74, 6) is -1.70. The van der Waals surface area contributed by atoms with Crippen LogP contribution in [0, 0.1) is 11.3 Å². The number of carboxylic acid groups (broad SMARTS) is 1. The molecule has 2 aliphatic rings. The summed E-state index contributed by atoms with van der Waals surface area (Å²) in [6, 6.07) is 0. The quantitative estimate of drug-likeness (QED) is 0.540. The molecule has 0 aromatic carbocycles. The number of aryl methyl sites for hydroxylation is 1. The summed E-state index contributed by atoms with van der Waals surface area (Å²) < 4.78 is 7.99. The van der Waals surface area contributed by atoms with Gasteiger partial charge in [-0.1, -0.05) is 37.7 Å². The van der Waals surface area contributed by atoms with Crippen LogP contribution in [0.2, 0.25) is 13.1 Å². The summed E-state index contributed by atoms with van der Waals surface area (Å²) in [5, 5.41) is 17.3. The first-order chi connectivity index (χ1) is 13.4. The van der Waals surface area contributed by atoms with E-state index in [0.29, 0.717) is 10.6 Å². The molecule has 0 bridgehead atoms. The molecule has 0 saturated carbocycles. The molecule has 1 N–H and O–H groups in total. The highest BCUT2D eigenvalue weighted by molar-refractivity contribution is 8.04. The second-order valence-electron chi connectivity index (χ2n) is 8.89. The molecule has 1 unspecified atom stereocenters. The molecule has 0 aliphatic carbocycles. The Kier molecular flexibility index (Phi) is 5.56. The SMILES string of the molecule is Cn1cc(/C=C/C2=C(C(=O)O)N3C(=O)[C@H](C(C)(O[SiH](C)C)C(C)(C)C)[C@H]3S2)nn1. The van der Waals surface area contributed by atoms with Crippen LogP contribution in [0.3, 0.4) is 0 Å². The first-order valence-corrected chi connectivity index (χ1v) is 13.2. The fraction of sp³-hybridized carbons (Fsp3) is 0.579. The van der Waals surface area contributed by atoms with Crippen molar-refractivity contribution in [2.45, 2.75) is 51.8 Å². The summed E-state index contributed by atoms with van der Waals surface area (Å²) in [6.45, 7) is 12.4. The zero-order valence-corrected chi connectivity index (χ0v) is 19.8. The number of aromatic nitrogens is 3. The Labute approximate surface area is 176 Å². The number of carbonyl (C=O) groups is 2. The van der Waals surface area contributed by atoms with Crippen LogP contribution in [-0.4, -0.2) is 56.9 Å². The molecule has 1 aromatic heterocycles. The van der Waals surface area contributed by atoms with Gasteiger partial charge in [0.25, 0.3) is 0 Å². The lowest BCUT2D eigenvalue weighted by molar-refractivity contribution is -0.173. The predicted octanol–water partition coefficient (Wildman–Crippen LogP) is 2.46. The Hall–Kier alpha value is -1.91. The van der Waals surface area contributed by atoms with E-state index in [1.54, 1.807) is 30.1 Å². The minimum atomic E-state index is -1.44. The van der Waals surface area contributed by atoms with E-state index in [-0.39, 0.29) is 22.4 Å². The van der Waals surface area contributed by atoms with Crippen molar-refractivity contribution >= 4 is 38.8 Å². The van der Waals surface area contributed by atoms with Crippen LogP contribution < -0.4 is 0 Å². The number of rotatable bonds is 6. The molecule has 29 heavy (non-hydrogen) atoms. The van der Waals surface area contributed by atoms with E-state index in [1.807, 2.05) is 6.92 Å². The molecule has 158 valence electrons. The third-order valence-corrected chi connectivity index (χ3v) is 7.83. The number of allylic oxidation sites excluding steroid dienone is 1. The Morgan fingerprint density at radius 1 is 1.31 bits per heavy atom. The largest absolute Gasteiger partial charge is 0.477 e. The van der Waals surface area contributed by atoms with Crippen molar-refractivity contribution in [3.63, 3.8) is 0 Å². The van der Waals surface area contributed by atoms with Crippen LogP contribution in [0.15, 0.2) is 22.9 Å². The molecule has 0 radical (unpaired) electrons. The number of β-lactam (4-membered cyclic amide) rings is 1. The molecule has 1 aromatic rings. The molecule has 3 rings (SSSR count). The Morgan fingerprint density at radius 3 is 2.45 bits per heavy atom. The number of thioether (sulfide) groups is 1. The predicted molar refractivity (Wildman–Crippen MR) is 114 cm³/mol. The number of fused-ring (bicyclic) bond motifs is 1. The smallest absolute Gasteiger partial charge is 0.353 e. The number of carbonyl (C=O) groups excluding carboxylic acids is 1. The maximum atomic E-state index is 13.2. The van der Waals surface area contributed by atoms with Gasteiger partial charge in [-0.2, -0.15) is 0 Å². The molecule has 2 aliphatic heterocycles. The van der Waals surface area contributed by atoms with Gasteiger partial charge in [-0.05, 0) is 37.6 Å². The normalized spacial score (nSPS) is 24.3. The van der Waals surface area contributed by atoms with Crippen molar-refractivity contribution in [1.82, 2.24) is 19.9 Å². The average Bonchev–Trinajstić information content (AvgIpc) is 3.12. The fourth-order valence-electron chi connectivity index (χ4n) is 3.77. The van der Waals surface area contributed by atoms with Crippen molar-refractivity contribution in [1.29, 1.82) is 0 Å². The average molecular weight is 437 g/mol. The number of hydrogen-bond donors (Lipinski definition) is 1. The molecule has 3 heterocycles. The summed E-state index contributed by atoms with van der Waals surface area (Å²) in [7, 11) is 0.319. The molecule has 1 fully saturated rings. The van der Waals surface area contributed by atoms with Gasteiger partial charge in [0.15, 0.2) is 9.04 Å². The van der Waals surface area contributed by atoms with E-state index in [4.69, 9.17) is 4.43 Å². The Balaban J connectivity index is 1.93. The highest BCUT2D eigenvalue weighted by atomic mass is 32.2. The number of aliphatic carboxylic acids is 1. The Morgan fingerprint density at radius 2 is 1.97 bits per heavy atom. The highest BCUT2D eigenvalue weighted by Crippen LogP contribution is 2.57. The standard InChI is InChI=1S/C19H28N4O4SSi/c1-18(2,3)19(4,27-29(6)7)13-15(24)23-14(17(25)26)12(28-16(13)23)9-8-11-10-22(5)21-20-11/h8-10,13,16,29H,1-7H3,(H,25,26)/b9-8+/t13-,16+,19?/m0/s1. The van der Waals surface area contributed by atoms with Gasteiger partial charge < -0.3 is 9.53 Å².